The Kier molecular flexibility index (Phi) is 6.76. The van der Waals surface area contributed by atoms with E-state index in [1.54, 1.807) is 24.3 Å². The van der Waals surface area contributed by atoms with Crippen LogP contribution >= 0.6 is 0 Å². The minimum Gasteiger partial charge on any atom is -0.495 e. The third kappa shape index (κ3) is 5.52. The lowest BCUT2D eigenvalue weighted by Crippen LogP contribution is -2.16. The van der Waals surface area contributed by atoms with Gasteiger partial charge in [0.2, 0.25) is 0 Å². The van der Waals surface area contributed by atoms with E-state index in [2.05, 4.69) is 10.0 Å². The van der Waals surface area contributed by atoms with E-state index in [0.29, 0.717) is 18.0 Å². The molecule has 0 radical (unpaired) electrons. The maximum atomic E-state index is 13.1. The standard InChI is InChI=1S/C22H21FN2O5S/c1-3-30-18-10-8-17(9-11-18)25-31(27,28)19-12-13-21(29-2)20(14-19)24-22(26)15-4-6-16(23)7-5-15/h4-14,25H,3H2,1-2H3,(H,24,26). The van der Waals surface area contributed by atoms with Crippen LogP contribution in [0.5, 0.6) is 11.5 Å². The molecule has 0 aliphatic heterocycles. The molecule has 2 N–H and O–H groups in total. The Morgan fingerprint density at radius 1 is 1.00 bits per heavy atom. The average Bonchev–Trinajstić information content (AvgIpc) is 2.75. The van der Waals surface area contributed by atoms with Gasteiger partial charge in [-0.15, -0.1) is 0 Å². The van der Waals surface area contributed by atoms with E-state index in [-0.39, 0.29) is 21.9 Å². The number of nitrogens with one attached hydrogen (secondary N) is 2. The van der Waals surface area contributed by atoms with E-state index in [4.69, 9.17) is 9.47 Å². The molecule has 0 unspecified atom stereocenters. The smallest absolute Gasteiger partial charge is 0.261 e. The van der Waals surface area contributed by atoms with E-state index in [0.717, 1.165) is 12.1 Å². The fourth-order valence-electron chi connectivity index (χ4n) is 2.75. The summed E-state index contributed by atoms with van der Waals surface area (Å²) in [5, 5.41) is 2.60. The normalized spacial score (nSPS) is 10.9. The number of halogens is 1. The van der Waals surface area contributed by atoms with Gasteiger partial charge >= 0.3 is 0 Å². The number of hydrogen-bond acceptors (Lipinski definition) is 5. The van der Waals surface area contributed by atoms with Gasteiger partial charge in [-0.05, 0) is 73.7 Å². The van der Waals surface area contributed by atoms with E-state index in [1.807, 2.05) is 6.92 Å². The van der Waals surface area contributed by atoms with Crippen LogP contribution in [0.3, 0.4) is 0 Å². The number of carbonyl (C=O) groups excluding carboxylic acids is 1. The fourth-order valence-corrected chi connectivity index (χ4v) is 3.83. The molecule has 0 heterocycles. The number of anilines is 2. The largest absolute Gasteiger partial charge is 0.495 e. The van der Waals surface area contributed by atoms with Crippen LogP contribution in [-0.2, 0) is 10.0 Å². The lowest BCUT2D eigenvalue weighted by Gasteiger charge is -2.14. The van der Waals surface area contributed by atoms with Crippen molar-refractivity contribution < 1.29 is 27.1 Å². The number of benzene rings is 3. The molecule has 0 bridgehead atoms. The van der Waals surface area contributed by atoms with E-state index < -0.39 is 21.7 Å². The molecule has 0 fully saturated rings. The Labute approximate surface area is 179 Å². The minimum absolute atomic E-state index is 0.0726. The van der Waals surface area contributed by atoms with Crippen LogP contribution in [0, 0.1) is 5.82 Å². The zero-order valence-corrected chi connectivity index (χ0v) is 17.7. The Balaban J connectivity index is 1.84. The van der Waals surface area contributed by atoms with Gasteiger partial charge in [-0.1, -0.05) is 0 Å². The number of rotatable bonds is 8. The van der Waals surface area contributed by atoms with Crippen molar-refractivity contribution >= 4 is 27.3 Å². The van der Waals surface area contributed by atoms with Crippen LogP contribution in [0.2, 0.25) is 0 Å². The number of ether oxygens (including phenoxy) is 2. The highest BCUT2D eigenvalue weighted by atomic mass is 32.2. The highest BCUT2D eigenvalue weighted by Gasteiger charge is 2.18. The van der Waals surface area contributed by atoms with Crippen molar-refractivity contribution in [2.45, 2.75) is 11.8 Å². The van der Waals surface area contributed by atoms with Gasteiger partial charge in [-0.3, -0.25) is 9.52 Å². The number of amides is 1. The topological polar surface area (TPSA) is 93.7 Å². The van der Waals surface area contributed by atoms with Crippen molar-refractivity contribution in [1.29, 1.82) is 0 Å². The van der Waals surface area contributed by atoms with Crippen LogP contribution < -0.4 is 19.5 Å². The van der Waals surface area contributed by atoms with Crippen molar-refractivity contribution in [2.24, 2.45) is 0 Å². The number of sulfonamides is 1. The van der Waals surface area contributed by atoms with Crippen molar-refractivity contribution in [3.05, 3.63) is 78.1 Å². The predicted molar refractivity (Wildman–Crippen MR) is 116 cm³/mol. The molecule has 0 saturated carbocycles. The van der Waals surface area contributed by atoms with Crippen LogP contribution in [0.15, 0.2) is 71.6 Å². The first-order chi connectivity index (χ1) is 14.8. The highest BCUT2D eigenvalue weighted by molar-refractivity contribution is 7.92. The maximum absolute atomic E-state index is 13.1. The Morgan fingerprint density at radius 2 is 1.68 bits per heavy atom. The van der Waals surface area contributed by atoms with E-state index >= 15 is 0 Å². The monoisotopic (exact) mass is 444 g/mol. The van der Waals surface area contributed by atoms with Crippen LogP contribution in [0.1, 0.15) is 17.3 Å². The molecule has 3 rings (SSSR count). The molecular weight excluding hydrogens is 423 g/mol. The summed E-state index contributed by atoms with van der Waals surface area (Å²) >= 11 is 0. The van der Waals surface area contributed by atoms with Crippen molar-refractivity contribution in [3.63, 3.8) is 0 Å². The minimum atomic E-state index is -3.94. The maximum Gasteiger partial charge on any atom is 0.261 e. The zero-order chi connectivity index (χ0) is 22.4. The fraction of sp³-hybridized carbons (Fsp3) is 0.136. The second-order valence-corrected chi connectivity index (χ2v) is 8.07. The van der Waals surface area contributed by atoms with Crippen LogP contribution in [0.4, 0.5) is 15.8 Å². The quantitative estimate of drug-likeness (QED) is 0.541. The lowest BCUT2D eigenvalue weighted by molar-refractivity contribution is 0.102. The molecule has 31 heavy (non-hydrogen) atoms. The molecule has 0 atom stereocenters. The third-order valence-corrected chi connectivity index (χ3v) is 5.63. The molecule has 0 saturated heterocycles. The summed E-state index contributed by atoms with van der Waals surface area (Å²) in [6, 6.07) is 15.5. The number of hydrogen-bond donors (Lipinski definition) is 2. The van der Waals surface area contributed by atoms with Gasteiger partial charge in [0, 0.05) is 11.3 Å². The summed E-state index contributed by atoms with van der Waals surface area (Å²) in [6.45, 7) is 2.36. The molecule has 0 spiro atoms. The first-order valence-corrected chi connectivity index (χ1v) is 10.8. The summed E-state index contributed by atoms with van der Waals surface area (Å²) in [5.41, 5.74) is 0.729. The first kappa shape index (κ1) is 22.1. The number of methoxy groups -OCH3 is 1. The summed E-state index contributed by atoms with van der Waals surface area (Å²) in [5.74, 6) is -0.105. The Bertz CT molecular complexity index is 1160. The van der Waals surface area contributed by atoms with Gasteiger partial charge in [0.25, 0.3) is 15.9 Å². The van der Waals surface area contributed by atoms with Gasteiger partial charge in [-0.2, -0.15) is 0 Å². The molecule has 7 nitrogen and oxygen atoms in total. The average molecular weight is 444 g/mol. The lowest BCUT2D eigenvalue weighted by atomic mass is 10.2. The molecule has 3 aromatic rings. The Morgan fingerprint density at radius 3 is 2.29 bits per heavy atom. The first-order valence-electron chi connectivity index (χ1n) is 9.33. The molecule has 9 heteroatoms. The molecule has 3 aromatic carbocycles. The van der Waals surface area contributed by atoms with Crippen LogP contribution in [-0.4, -0.2) is 28.0 Å². The second-order valence-electron chi connectivity index (χ2n) is 6.39. The van der Waals surface area contributed by atoms with Crippen LogP contribution in [0.25, 0.3) is 0 Å². The molecule has 0 aliphatic rings. The summed E-state index contributed by atoms with van der Waals surface area (Å²) in [6.07, 6.45) is 0. The molecule has 162 valence electrons. The second kappa shape index (κ2) is 9.48. The Hall–Kier alpha value is -3.59. The SMILES string of the molecule is CCOc1ccc(NS(=O)(=O)c2ccc(OC)c(NC(=O)c3ccc(F)cc3)c2)cc1. The van der Waals surface area contributed by atoms with Gasteiger partial charge in [0.1, 0.15) is 17.3 Å². The summed E-state index contributed by atoms with van der Waals surface area (Å²) in [4.78, 5) is 12.4. The van der Waals surface area contributed by atoms with E-state index in [1.165, 1.54) is 37.4 Å². The summed E-state index contributed by atoms with van der Waals surface area (Å²) < 4.78 is 51.8. The van der Waals surface area contributed by atoms with Crippen molar-refractivity contribution in [3.8, 4) is 11.5 Å². The van der Waals surface area contributed by atoms with Gasteiger partial charge < -0.3 is 14.8 Å². The molecule has 1 amide bonds. The van der Waals surface area contributed by atoms with Crippen molar-refractivity contribution in [2.75, 3.05) is 23.8 Å². The molecule has 0 aliphatic carbocycles. The van der Waals surface area contributed by atoms with Gasteiger partial charge in [0.15, 0.2) is 0 Å². The zero-order valence-electron chi connectivity index (χ0n) is 16.9. The van der Waals surface area contributed by atoms with E-state index in [9.17, 15) is 17.6 Å². The molecular formula is C22H21FN2O5S. The van der Waals surface area contributed by atoms with Gasteiger partial charge in [0.05, 0.1) is 24.3 Å². The third-order valence-electron chi connectivity index (χ3n) is 4.25. The number of carbonyl (C=O) groups is 1. The predicted octanol–water partition coefficient (Wildman–Crippen LogP) is 4.29. The highest BCUT2D eigenvalue weighted by Crippen LogP contribution is 2.29. The van der Waals surface area contributed by atoms with Crippen molar-refractivity contribution in [1.82, 2.24) is 0 Å². The summed E-state index contributed by atoms with van der Waals surface area (Å²) in [7, 11) is -2.54. The molecule has 0 aromatic heterocycles. The van der Waals surface area contributed by atoms with Gasteiger partial charge in [-0.25, -0.2) is 12.8 Å².